The highest BCUT2D eigenvalue weighted by Gasteiger charge is 2.48. The van der Waals surface area contributed by atoms with Gasteiger partial charge in [-0.05, 0) is 25.0 Å². The minimum absolute atomic E-state index is 0.211. The van der Waals surface area contributed by atoms with E-state index in [-0.39, 0.29) is 5.91 Å². The Bertz CT molecular complexity index is 697. The van der Waals surface area contributed by atoms with Gasteiger partial charge in [-0.25, -0.2) is 9.78 Å². The number of imide groups is 1. The van der Waals surface area contributed by atoms with Crippen molar-refractivity contribution < 1.29 is 9.59 Å². The monoisotopic (exact) mass is 285 g/mol. The summed E-state index contributed by atoms with van der Waals surface area (Å²) in [5.74, 6) is 0.604. The Hall–Kier alpha value is -2.57. The van der Waals surface area contributed by atoms with Gasteiger partial charge in [0.25, 0.3) is 5.91 Å². The number of carbonyl (C=O) groups is 2. The number of rotatable bonds is 1. The van der Waals surface area contributed by atoms with Gasteiger partial charge in [0, 0.05) is 13.1 Å². The fourth-order valence-corrected chi connectivity index (χ4v) is 3.07. The zero-order valence-corrected chi connectivity index (χ0v) is 11.3. The summed E-state index contributed by atoms with van der Waals surface area (Å²) in [6.07, 6.45) is 1.17. The third-order valence-corrected chi connectivity index (χ3v) is 4.31. The van der Waals surface area contributed by atoms with Crippen LogP contribution in [0.25, 0.3) is 11.0 Å². The lowest BCUT2D eigenvalue weighted by molar-refractivity contribution is -0.124. The van der Waals surface area contributed by atoms with Gasteiger partial charge in [0.2, 0.25) is 5.95 Å². The summed E-state index contributed by atoms with van der Waals surface area (Å²) in [6.45, 7) is 1.35. The van der Waals surface area contributed by atoms with Gasteiger partial charge >= 0.3 is 6.03 Å². The number of imidazole rings is 1. The number of piperidine rings is 1. The minimum Gasteiger partial charge on any atom is -0.342 e. The fraction of sp³-hybridized carbons (Fsp3) is 0.357. The molecular formula is C14H15N5O2. The highest BCUT2D eigenvalue weighted by molar-refractivity contribution is 6.07. The number of hydrogen-bond donors (Lipinski definition) is 3. The number of anilines is 1. The highest BCUT2D eigenvalue weighted by atomic mass is 16.2. The molecule has 0 unspecified atom stereocenters. The van der Waals surface area contributed by atoms with Gasteiger partial charge in [-0.1, -0.05) is 12.1 Å². The molecular weight excluding hydrogens is 270 g/mol. The third-order valence-electron chi connectivity index (χ3n) is 4.31. The number of amides is 3. The zero-order valence-electron chi connectivity index (χ0n) is 11.3. The molecule has 7 heteroatoms. The van der Waals surface area contributed by atoms with Crippen LogP contribution >= 0.6 is 0 Å². The van der Waals surface area contributed by atoms with E-state index in [0.29, 0.717) is 25.9 Å². The maximum absolute atomic E-state index is 11.9. The van der Waals surface area contributed by atoms with Gasteiger partial charge in [-0.2, -0.15) is 0 Å². The maximum atomic E-state index is 11.9. The number of benzene rings is 1. The van der Waals surface area contributed by atoms with E-state index in [9.17, 15) is 9.59 Å². The number of carbonyl (C=O) groups excluding carboxylic acids is 2. The number of aromatic amines is 1. The molecule has 0 bridgehead atoms. The molecule has 0 radical (unpaired) electrons. The van der Waals surface area contributed by atoms with Gasteiger partial charge < -0.3 is 15.2 Å². The lowest BCUT2D eigenvalue weighted by Crippen LogP contribution is -2.55. The zero-order chi connectivity index (χ0) is 14.4. The van der Waals surface area contributed by atoms with Crippen LogP contribution in [-0.4, -0.2) is 40.5 Å². The molecule has 21 heavy (non-hydrogen) atoms. The molecule has 0 saturated carbocycles. The van der Waals surface area contributed by atoms with Crippen LogP contribution in [-0.2, 0) is 4.79 Å². The highest BCUT2D eigenvalue weighted by Crippen LogP contribution is 2.28. The van der Waals surface area contributed by atoms with E-state index in [4.69, 9.17) is 0 Å². The Morgan fingerprint density at radius 3 is 2.57 bits per heavy atom. The Labute approximate surface area is 120 Å². The number of urea groups is 1. The molecule has 7 nitrogen and oxygen atoms in total. The molecule has 3 amide bonds. The smallest absolute Gasteiger partial charge is 0.322 e. The Morgan fingerprint density at radius 2 is 1.90 bits per heavy atom. The Morgan fingerprint density at radius 1 is 1.14 bits per heavy atom. The molecule has 1 spiro atoms. The predicted molar refractivity (Wildman–Crippen MR) is 76.9 cm³/mol. The first kappa shape index (κ1) is 12.2. The van der Waals surface area contributed by atoms with Gasteiger partial charge in [-0.15, -0.1) is 0 Å². The lowest BCUT2D eigenvalue weighted by atomic mass is 9.88. The second-order valence-electron chi connectivity index (χ2n) is 5.55. The van der Waals surface area contributed by atoms with E-state index in [1.54, 1.807) is 0 Å². The summed E-state index contributed by atoms with van der Waals surface area (Å²) in [6, 6.07) is 7.48. The lowest BCUT2D eigenvalue weighted by Gasteiger charge is -2.36. The molecule has 1 aromatic heterocycles. The van der Waals surface area contributed by atoms with Crippen molar-refractivity contribution in [2.75, 3.05) is 18.0 Å². The second-order valence-corrected chi connectivity index (χ2v) is 5.55. The molecule has 4 rings (SSSR count). The van der Waals surface area contributed by atoms with Crippen molar-refractivity contribution in [3.63, 3.8) is 0 Å². The molecule has 2 saturated heterocycles. The van der Waals surface area contributed by atoms with Crippen molar-refractivity contribution in [3.05, 3.63) is 24.3 Å². The summed E-state index contributed by atoms with van der Waals surface area (Å²) in [5, 5.41) is 5.08. The van der Waals surface area contributed by atoms with Crippen molar-refractivity contribution in [2.45, 2.75) is 18.4 Å². The number of fused-ring (bicyclic) bond motifs is 1. The normalized spacial score (nSPS) is 20.9. The first-order valence-electron chi connectivity index (χ1n) is 7.00. The molecule has 2 aliphatic heterocycles. The van der Waals surface area contributed by atoms with Crippen LogP contribution in [0.1, 0.15) is 12.8 Å². The van der Waals surface area contributed by atoms with Crippen LogP contribution in [0.3, 0.4) is 0 Å². The summed E-state index contributed by atoms with van der Waals surface area (Å²) in [4.78, 5) is 33.2. The number of para-hydroxylation sites is 2. The van der Waals surface area contributed by atoms with Crippen LogP contribution in [0.4, 0.5) is 10.7 Å². The molecule has 3 heterocycles. The topological polar surface area (TPSA) is 90.1 Å². The van der Waals surface area contributed by atoms with Crippen molar-refractivity contribution >= 4 is 28.9 Å². The predicted octanol–water partition coefficient (Wildman–Crippen LogP) is 0.741. The van der Waals surface area contributed by atoms with Crippen LogP contribution < -0.4 is 15.5 Å². The molecule has 2 fully saturated rings. The standard InChI is InChI=1S/C14H15N5O2/c20-11-14(18-13(21)17-11)5-7-19(8-6-14)12-15-9-3-1-2-4-10(9)16-12/h1-4H,5-8H2,(H,15,16)(H2,17,18,20,21). The minimum atomic E-state index is -0.737. The molecule has 0 aliphatic carbocycles. The SMILES string of the molecule is O=C1NC(=O)C2(CCN(c3nc4ccccc4[nH]3)CC2)N1. The number of nitrogens with one attached hydrogen (secondary N) is 3. The van der Waals surface area contributed by atoms with E-state index in [0.717, 1.165) is 17.0 Å². The molecule has 1 aromatic carbocycles. The van der Waals surface area contributed by atoms with E-state index in [1.807, 2.05) is 24.3 Å². The largest absolute Gasteiger partial charge is 0.342 e. The summed E-state index contributed by atoms with van der Waals surface area (Å²) in [7, 11) is 0. The van der Waals surface area contributed by atoms with E-state index < -0.39 is 11.6 Å². The van der Waals surface area contributed by atoms with Crippen molar-refractivity contribution in [1.29, 1.82) is 0 Å². The molecule has 2 aliphatic rings. The van der Waals surface area contributed by atoms with Crippen LogP contribution in [0.5, 0.6) is 0 Å². The first-order chi connectivity index (χ1) is 10.2. The van der Waals surface area contributed by atoms with Crippen LogP contribution in [0, 0.1) is 0 Å². The molecule has 3 N–H and O–H groups in total. The van der Waals surface area contributed by atoms with Gasteiger partial charge in [-0.3, -0.25) is 10.1 Å². The molecule has 108 valence electrons. The maximum Gasteiger partial charge on any atom is 0.322 e. The van der Waals surface area contributed by atoms with E-state index in [1.165, 1.54) is 0 Å². The van der Waals surface area contributed by atoms with Gasteiger partial charge in [0.1, 0.15) is 5.54 Å². The van der Waals surface area contributed by atoms with Gasteiger partial charge in [0.15, 0.2) is 0 Å². The van der Waals surface area contributed by atoms with Crippen molar-refractivity contribution in [2.24, 2.45) is 0 Å². The summed E-state index contributed by atoms with van der Waals surface area (Å²) < 4.78 is 0. The van der Waals surface area contributed by atoms with Crippen LogP contribution in [0.15, 0.2) is 24.3 Å². The van der Waals surface area contributed by atoms with E-state index >= 15 is 0 Å². The summed E-state index contributed by atoms with van der Waals surface area (Å²) in [5.41, 5.74) is 1.19. The summed E-state index contributed by atoms with van der Waals surface area (Å²) >= 11 is 0. The van der Waals surface area contributed by atoms with Crippen LogP contribution in [0.2, 0.25) is 0 Å². The number of nitrogens with zero attached hydrogens (tertiary/aromatic N) is 2. The van der Waals surface area contributed by atoms with Gasteiger partial charge in [0.05, 0.1) is 11.0 Å². The molecule has 2 aromatic rings. The number of hydrogen-bond acceptors (Lipinski definition) is 4. The average molecular weight is 285 g/mol. The first-order valence-corrected chi connectivity index (χ1v) is 7.00. The third kappa shape index (κ3) is 1.84. The van der Waals surface area contributed by atoms with Crippen molar-refractivity contribution in [1.82, 2.24) is 20.6 Å². The number of H-pyrrole nitrogens is 1. The second kappa shape index (κ2) is 4.21. The number of aromatic nitrogens is 2. The Kier molecular flexibility index (Phi) is 2.44. The van der Waals surface area contributed by atoms with E-state index in [2.05, 4.69) is 25.5 Å². The molecule has 0 atom stereocenters. The fourth-order valence-electron chi connectivity index (χ4n) is 3.07. The van der Waals surface area contributed by atoms with Crippen molar-refractivity contribution in [3.8, 4) is 0 Å². The average Bonchev–Trinajstić information content (AvgIpc) is 3.02. The Balaban J connectivity index is 1.55. The quantitative estimate of drug-likeness (QED) is 0.674.